The number of hydrogen-bond donors (Lipinski definition) is 6. The van der Waals surface area contributed by atoms with Crippen molar-refractivity contribution in [1.82, 2.24) is 25.5 Å². The van der Waals surface area contributed by atoms with Crippen LogP contribution in [0.3, 0.4) is 0 Å². The molecule has 0 radical (unpaired) electrons. The van der Waals surface area contributed by atoms with Crippen LogP contribution in [0.2, 0.25) is 0 Å². The molecule has 1 aromatic rings. The minimum Gasteiger partial charge on any atom is -0.480 e. The molecule has 0 saturated carbocycles. The predicted octanol–water partition coefficient (Wildman–Crippen LogP) is -1.75. The highest BCUT2D eigenvalue weighted by Crippen LogP contribution is 2.20. The Bertz CT molecular complexity index is 888. The smallest absolute Gasteiger partial charge is 0.326 e. The second kappa shape index (κ2) is 12.1. The van der Waals surface area contributed by atoms with Crippen LogP contribution >= 0.6 is 0 Å². The Balaban J connectivity index is 2.16. The number of carbonyl (C=O) groups excluding carboxylic acids is 4. The Hall–Kier alpha value is -3.48. The molecule has 34 heavy (non-hydrogen) atoms. The average molecular weight is 480 g/mol. The van der Waals surface area contributed by atoms with Crippen molar-refractivity contribution >= 4 is 29.6 Å². The zero-order chi connectivity index (χ0) is 25.4. The normalized spacial score (nSPS) is 18.2. The Morgan fingerprint density at radius 2 is 1.94 bits per heavy atom. The zero-order valence-electron chi connectivity index (χ0n) is 19.3. The molecule has 0 spiro atoms. The van der Waals surface area contributed by atoms with Crippen molar-refractivity contribution in [3.8, 4) is 0 Å². The number of aromatic nitrogens is 2. The summed E-state index contributed by atoms with van der Waals surface area (Å²) in [6.07, 6.45) is 3.79. The lowest BCUT2D eigenvalue weighted by Crippen LogP contribution is -2.59. The third kappa shape index (κ3) is 7.27. The summed E-state index contributed by atoms with van der Waals surface area (Å²) >= 11 is 0. The van der Waals surface area contributed by atoms with Gasteiger partial charge in [-0.2, -0.15) is 0 Å². The summed E-state index contributed by atoms with van der Waals surface area (Å²) in [5.41, 5.74) is 11.5. The number of rotatable bonds is 12. The Labute approximate surface area is 197 Å². The van der Waals surface area contributed by atoms with Crippen LogP contribution in [-0.4, -0.2) is 80.3 Å². The first-order valence-electron chi connectivity index (χ1n) is 11.2. The quantitative estimate of drug-likeness (QED) is 0.202. The number of nitrogens with two attached hydrogens (primary N) is 2. The molecule has 1 fully saturated rings. The summed E-state index contributed by atoms with van der Waals surface area (Å²) in [5.74, 6) is -3.81. The van der Waals surface area contributed by atoms with Gasteiger partial charge < -0.3 is 37.1 Å². The standard InChI is InChI=1S/C21H33N7O6/c1-11(2)17(20(32)28-7-3-4-15(28)21(33)34)27-19(31)14(8-12-9-24-10-25-12)26-18(30)13(22)5-6-16(23)29/h9-11,13-15,17H,3-8,22H2,1-2H3,(H2,23,29)(H,24,25)(H,26,30)(H,27,31)(H,33,34). The Morgan fingerprint density at radius 3 is 2.50 bits per heavy atom. The molecule has 4 amide bonds. The van der Waals surface area contributed by atoms with E-state index < -0.39 is 53.8 Å². The monoisotopic (exact) mass is 479 g/mol. The van der Waals surface area contributed by atoms with Crippen LogP contribution in [0.4, 0.5) is 0 Å². The van der Waals surface area contributed by atoms with Crippen molar-refractivity contribution in [3.63, 3.8) is 0 Å². The molecule has 1 aliphatic rings. The Kier molecular flexibility index (Phi) is 9.54. The highest BCUT2D eigenvalue weighted by atomic mass is 16.4. The molecule has 0 bridgehead atoms. The number of aliphatic carboxylic acids is 1. The second-order valence-electron chi connectivity index (χ2n) is 8.71. The maximum atomic E-state index is 13.2. The van der Waals surface area contributed by atoms with Crippen molar-refractivity contribution in [2.45, 2.75) is 70.1 Å². The van der Waals surface area contributed by atoms with E-state index in [4.69, 9.17) is 11.5 Å². The van der Waals surface area contributed by atoms with Gasteiger partial charge in [-0.05, 0) is 25.2 Å². The molecule has 2 rings (SSSR count). The van der Waals surface area contributed by atoms with Gasteiger partial charge in [-0.15, -0.1) is 0 Å². The molecule has 4 atom stereocenters. The summed E-state index contributed by atoms with van der Waals surface area (Å²) in [4.78, 5) is 69.4. The highest BCUT2D eigenvalue weighted by molar-refractivity contribution is 5.94. The van der Waals surface area contributed by atoms with Crippen LogP contribution in [0.15, 0.2) is 12.5 Å². The van der Waals surface area contributed by atoms with Gasteiger partial charge in [0.05, 0.1) is 12.4 Å². The summed E-state index contributed by atoms with van der Waals surface area (Å²) in [6, 6.07) is -4.09. The van der Waals surface area contributed by atoms with Gasteiger partial charge in [0.1, 0.15) is 18.1 Å². The lowest BCUT2D eigenvalue weighted by Gasteiger charge is -2.30. The average Bonchev–Trinajstić information content (AvgIpc) is 3.46. The van der Waals surface area contributed by atoms with Gasteiger partial charge in [-0.25, -0.2) is 9.78 Å². The van der Waals surface area contributed by atoms with Gasteiger partial charge in [-0.1, -0.05) is 13.8 Å². The van der Waals surface area contributed by atoms with E-state index in [1.165, 1.54) is 17.4 Å². The number of nitrogens with one attached hydrogen (secondary N) is 3. The maximum absolute atomic E-state index is 13.2. The molecule has 13 nitrogen and oxygen atoms in total. The predicted molar refractivity (Wildman–Crippen MR) is 120 cm³/mol. The third-order valence-electron chi connectivity index (χ3n) is 5.70. The molecule has 1 aromatic heterocycles. The third-order valence-corrected chi connectivity index (χ3v) is 5.70. The number of amides is 4. The fourth-order valence-electron chi connectivity index (χ4n) is 3.77. The van der Waals surface area contributed by atoms with E-state index in [0.717, 1.165) is 0 Å². The van der Waals surface area contributed by atoms with Crippen LogP contribution < -0.4 is 22.1 Å². The minimum atomic E-state index is -1.10. The molecule has 188 valence electrons. The molecule has 8 N–H and O–H groups in total. The van der Waals surface area contributed by atoms with Crippen LogP contribution in [0.5, 0.6) is 0 Å². The van der Waals surface area contributed by atoms with E-state index in [-0.39, 0.29) is 31.7 Å². The number of H-pyrrole nitrogens is 1. The van der Waals surface area contributed by atoms with Crippen molar-refractivity contribution < 1.29 is 29.1 Å². The summed E-state index contributed by atoms with van der Waals surface area (Å²) in [7, 11) is 0. The molecule has 2 heterocycles. The van der Waals surface area contributed by atoms with E-state index in [1.807, 2.05) is 0 Å². The first-order valence-corrected chi connectivity index (χ1v) is 11.2. The highest BCUT2D eigenvalue weighted by Gasteiger charge is 2.39. The lowest BCUT2D eigenvalue weighted by molar-refractivity contribution is -0.150. The number of carboxylic acid groups (broad SMARTS) is 1. The number of primary amides is 1. The van der Waals surface area contributed by atoms with E-state index in [2.05, 4.69) is 20.6 Å². The molecular formula is C21H33N7O6. The summed E-state index contributed by atoms with van der Waals surface area (Å²) in [6.45, 7) is 3.76. The minimum absolute atomic E-state index is 0.0121. The lowest BCUT2D eigenvalue weighted by atomic mass is 10.0. The van der Waals surface area contributed by atoms with Crippen LogP contribution in [0.25, 0.3) is 0 Å². The molecule has 13 heteroatoms. The SMILES string of the molecule is CC(C)C(NC(=O)C(Cc1cnc[nH]1)NC(=O)C(N)CCC(N)=O)C(=O)N1CCCC1C(=O)O. The Morgan fingerprint density at radius 1 is 1.24 bits per heavy atom. The fraction of sp³-hybridized carbons (Fsp3) is 0.619. The molecule has 1 aliphatic heterocycles. The number of likely N-dealkylation sites (tertiary alicyclic amines) is 1. The van der Waals surface area contributed by atoms with Crippen LogP contribution in [0, 0.1) is 5.92 Å². The van der Waals surface area contributed by atoms with Gasteiger partial charge >= 0.3 is 5.97 Å². The van der Waals surface area contributed by atoms with E-state index >= 15 is 0 Å². The van der Waals surface area contributed by atoms with Crippen LogP contribution in [0.1, 0.15) is 45.2 Å². The van der Waals surface area contributed by atoms with Crippen molar-refractivity contribution in [1.29, 1.82) is 0 Å². The second-order valence-corrected chi connectivity index (χ2v) is 8.71. The maximum Gasteiger partial charge on any atom is 0.326 e. The van der Waals surface area contributed by atoms with Gasteiger partial charge in [0.25, 0.3) is 0 Å². The first-order chi connectivity index (χ1) is 16.0. The first kappa shape index (κ1) is 26.8. The topological polar surface area (TPSA) is 214 Å². The summed E-state index contributed by atoms with van der Waals surface area (Å²) < 4.78 is 0. The summed E-state index contributed by atoms with van der Waals surface area (Å²) in [5, 5.41) is 14.7. The fourth-order valence-corrected chi connectivity index (χ4v) is 3.77. The van der Waals surface area contributed by atoms with E-state index in [9.17, 15) is 29.1 Å². The van der Waals surface area contributed by atoms with Crippen molar-refractivity contribution in [2.24, 2.45) is 17.4 Å². The van der Waals surface area contributed by atoms with Gasteiger partial charge in [0.15, 0.2) is 0 Å². The number of imidazole rings is 1. The molecule has 0 aromatic carbocycles. The van der Waals surface area contributed by atoms with Gasteiger partial charge in [-0.3, -0.25) is 19.2 Å². The van der Waals surface area contributed by atoms with E-state index in [0.29, 0.717) is 18.5 Å². The van der Waals surface area contributed by atoms with Crippen molar-refractivity contribution in [2.75, 3.05) is 6.54 Å². The molecular weight excluding hydrogens is 446 g/mol. The number of carbonyl (C=O) groups is 5. The van der Waals surface area contributed by atoms with Crippen LogP contribution in [-0.2, 0) is 30.4 Å². The molecule has 1 saturated heterocycles. The molecule has 0 aliphatic carbocycles. The number of nitrogens with zero attached hydrogens (tertiary/aromatic N) is 2. The number of carboxylic acids is 1. The van der Waals surface area contributed by atoms with Gasteiger partial charge in [0.2, 0.25) is 23.6 Å². The van der Waals surface area contributed by atoms with E-state index in [1.54, 1.807) is 13.8 Å². The zero-order valence-corrected chi connectivity index (χ0v) is 19.3. The molecule has 4 unspecified atom stereocenters. The van der Waals surface area contributed by atoms with Crippen molar-refractivity contribution in [3.05, 3.63) is 18.2 Å². The number of aromatic amines is 1. The number of hydrogen-bond acceptors (Lipinski definition) is 7. The van der Waals surface area contributed by atoms with Gasteiger partial charge in [0, 0.05) is 31.3 Å². The largest absolute Gasteiger partial charge is 0.480 e.